The minimum absolute atomic E-state index is 0.0977. The third-order valence-electron chi connectivity index (χ3n) is 16.8. The molecule has 0 aromatic heterocycles. The minimum atomic E-state index is -1.95. The summed E-state index contributed by atoms with van der Waals surface area (Å²) in [4.78, 5) is 0. The van der Waals surface area contributed by atoms with Gasteiger partial charge in [-0.25, -0.2) is 0 Å². The molecule has 0 spiro atoms. The van der Waals surface area contributed by atoms with Gasteiger partial charge in [-0.15, -0.1) is 0 Å². The van der Waals surface area contributed by atoms with E-state index in [1.165, 1.54) is 105 Å². The predicted octanol–water partition coefficient (Wildman–Crippen LogP) is 15.3. The molecule has 2 aliphatic heterocycles. The zero-order chi connectivity index (χ0) is 44.7. The van der Waals surface area contributed by atoms with Crippen LogP contribution in [0.4, 0.5) is 0 Å². The Balaban J connectivity index is 0.873. The lowest BCUT2D eigenvalue weighted by molar-refractivity contribution is 0.420. The van der Waals surface area contributed by atoms with Gasteiger partial charge in [0, 0.05) is 49.5 Å². The quantitative estimate of drug-likeness (QED) is 0.161. The first-order valence-corrected chi connectivity index (χ1v) is 26.5. The molecule has 8 aromatic rings. The molecule has 8 aromatic carbocycles. The average Bonchev–Trinajstić information content (AvgIpc) is 3.78. The van der Waals surface area contributed by atoms with Crippen molar-refractivity contribution in [3.8, 4) is 78.6 Å². The van der Waals surface area contributed by atoms with Crippen molar-refractivity contribution in [3.05, 3.63) is 190 Å². The summed E-state index contributed by atoms with van der Waals surface area (Å²) in [6, 6.07) is 55.2. The van der Waals surface area contributed by atoms with E-state index in [1.54, 1.807) is 0 Å². The van der Waals surface area contributed by atoms with Crippen molar-refractivity contribution >= 4 is 18.4 Å². The van der Waals surface area contributed by atoms with Gasteiger partial charge in [-0.05, 0) is 107 Å². The van der Waals surface area contributed by atoms with Crippen molar-refractivity contribution in [1.29, 1.82) is 0 Å². The molecule has 0 atom stereocenters. The van der Waals surface area contributed by atoms with Crippen molar-refractivity contribution in [3.63, 3.8) is 0 Å². The number of fused-ring (bicyclic) bond motifs is 15. The smallest absolute Gasteiger partial charge is 0.139 e. The Bertz CT molecular complexity index is 3470. The fourth-order valence-corrected chi connectivity index (χ4v) is 15.8. The third-order valence-corrected chi connectivity index (χ3v) is 20.3. The van der Waals surface area contributed by atoms with E-state index < -0.39 is 8.07 Å². The van der Waals surface area contributed by atoms with Gasteiger partial charge in [0.05, 0.1) is 0 Å². The van der Waals surface area contributed by atoms with Crippen LogP contribution in [0.3, 0.4) is 0 Å². The molecule has 0 amide bonds. The Labute approximate surface area is 385 Å². The van der Waals surface area contributed by atoms with Gasteiger partial charge in [-0.3, -0.25) is 0 Å². The maximum absolute atomic E-state index is 7.30. The van der Waals surface area contributed by atoms with Gasteiger partial charge in [0.1, 0.15) is 31.1 Å². The Hall–Kier alpha value is -6.42. The second-order valence-corrected chi connectivity index (χ2v) is 26.4. The highest BCUT2D eigenvalue weighted by atomic mass is 28.3. The SMILES string of the molecule is CC1(C)c2cc(-c3ccc4c(c3)C(C)(C)c3ccc5c(c3-4)Oc3ccccc3[Si]5(C)C)ccc2-c2ccc(-c3cccc4c3Oc3c(ccc5c3-c3ccccc3C5(C)C)C4(C)C)cc21. The highest BCUT2D eigenvalue weighted by Gasteiger charge is 2.46. The molecular formula is C62H54O2Si. The number of benzene rings is 8. The first-order valence-electron chi connectivity index (χ1n) is 23.5. The van der Waals surface area contributed by atoms with Crippen molar-refractivity contribution in [2.45, 2.75) is 90.1 Å². The standard InChI is InChI=1S/C62H54O2Si/c1-59(2)43-18-12-11-16-41(43)54-44(59)28-29-47-57(54)64-56-38(17-15-19-46(56)61(47,5)6)37-24-26-40-39-25-22-35(32-48(39)62(7,8)49(40)34-37)36-23-27-42-50(33-36)60(3,4)45-30-31-53-58(55(42)45)63-51-20-13-14-21-52(51)65(53,9)10/h11-34H,1-10H3. The fraction of sp³-hybridized carbons (Fsp3) is 0.226. The normalized spacial score (nSPS) is 17.9. The van der Waals surface area contributed by atoms with E-state index in [0.29, 0.717) is 0 Å². The number of rotatable bonds is 2. The molecule has 65 heavy (non-hydrogen) atoms. The summed E-state index contributed by atoms with van der Waals surface area (Å²) in [6.07, 6.45) is 0. The van der Waals surface area contributed by atoms with Gasteiger partial charge in [-0.1, -0.05) is 190 Å². The molecule has 0 bridgehead atoms. The molecule has 3 aliphatic carbocycles. The van der Waals surface area contributed by atoms with E-state index in [-0.39, 0.29) is 21.7 Å². The lowest BCUT2D eigenvalue weighted by Gasteiger charge is -2.37. The number of ether oxygens (including phenoxy) is 2. The molecule has 0 fully saturated rings. The van der Waals surface area contributed by atoms with Crippen LogP contribution in [-0.2, 0) is 21.7 Å². The number of hydrogen-bond donors (Lipinski definition) is 0. The van der Waals surface area contributed by atoms with E-state index in [4.69, 9.17) is 9.47 Å². The van der Waals surface area contributed by atoms with Crippen LogP contribution in [0.5, 0.6) is 23.0 Å². The monoisotopic (exact) mass is 858 g/mol. The summed E-state index contributed by atoms with van der Waals surface area (Å²) in [6.45, 7) is 23.9. The van der Waals surface area contributed by atoms with Gasteiger partial charge in [0.25, 0.3) is 0 Å². The fourth-order valence-electron chi connectivity index (χ4n) is 13.0. The molecule has 0 unspecified atom stereocenters. The largest absolute Gasteiger partial charge is 0.457 e. The van der Waals surface area contributed by atoms with Gasteiger partial charge in [0.15, 0.2) is 0 Å². The van der Waals surface area contributed by atoms with Crippen LogP contribution in [-0.4, -0.2) is 8.07 Å². The van der Waals surface area contributed by atoms with Crippen LogP contribution in [0.1, 0.15) is 99.9 Å². The Morgan fingerprint density at radius 1 is 0.323 bits per heavy atom. The second kappa shape index (κ2) is 12.5. The molecule has 3 heteroatoms. The van der Waals surface area contributed by atoms with Crippen molar-refractivity contribution in [2.75, 3.05) is 0 Å². The maximum Gasteiger partial charge on any atom is 0.139 e. The van der Waals surface area contributed by atoms with Gasteiger partial charge >= 0.3 is 0 Å². The van der Waals surface area contributed by atoms with Crippen LogP contribution < -0.4 is 19.8 Å². The van der Waals surface area contributed by atoms with E-state index in [9.17, 15) is 0 Å². The molecule has 2 nitrogen and oxygen atoms in total. The van der Waals surface area contributed by atoms with E-state index in [2.05, 4.69) is 214 Å². The van der Waals surface area contributed by atoms with Crippen molar-refractivity contribution in [1.82, 2.24) is 0 Å². The Kier molecular flexibility index (Phi) is 7.48. The highest BCUT2D eigenvalue weighted by molar-refractivity contribution is 7.01. The molecule has 0 saturated carbocycles. The van der Waals surface area contributed by atoms with Crippen LogP contribution in [0, 0.1) is 0 Å². The van der Waals surface area contributed by atoms with Crippen LogP contribution in [0.2, 0.25) is 13.1 Å². The summed E-state index contributed by atoms with van der Waals surface area (Å²) in [7, 11) is -1.95. The Morgan fingerprint density at radius 2 is 0.800 bits per heavy atom. The summed E-state index contributed by atoms with van der Waals surface area (Å²) in [5, 5.41) is 2.76. The van der Waals surface area contributed by atoms with E-state index in [0.717, 1.165) is 28.6 Å². The zero-order valence-electron chi connectivity index (χ0n) is 39.2. The lowest BCUT2D eigenvalue weighted by atomic mass is 9.73. The molecule has 2 heterocycles. The predicted molar refractivity (Wildman–Crippen MR) is 272 cm³/mol. The molecule has 13 rings (SSSR count). The first kappa shape index (κ1) is 39.0. The molecule has 0 radical (unpaired) electrons. The molecule has 318 valence electrons. The van der Waals surface area contributed by atoms with Crippen LogP contribution >= 0.6 is 0 Å². The second-order valence-electron chi connectivity index (χ2n) is 22.1. The highest BCUT2D eigenvalue weighted by Crippen LogP contribution is 2.61. The number of hydrogen-bond acceptors (Lipinski definition) is 2. The van der Waals surface area contributed by atoms with Crippen LogP contribution in [0.25, 0.3) is 55.6 Å². The first-order chi connectivity index (χ1) is 31.0. The minimum Gasteiger partial charge on any atom is -0.457 e. The maximum atomic E-state index is 7.30. The van der Waals surface area contributed by atoms with Gasteiger partial charge in [0.2, 0.25) is 0 Å². The number of para-hydroxylation sites is 2. The summed E-state index contributed by atoms with van der Waals surface area (Å²) in [5.41, 5.74) is 22.5. The zero-order valence-corrected chi connectivity index (χ0v) is 40.2. The van der Waals surface area contributed by atoms with Crippen molar-refractivity contribution in [2.24, 2.45) is 0 Å². The molecular weight excluding hydrogens is 805 g/mol. The molecule has 0 N–H and O–H groups in total. The topological polar surface area (TPSA) is 18.5 Å². The van der Waals surface area contributed by atoms with Crippen LogP contribution in [0.15, 0.2) is 146 Å². The van der Waals surface area contributed by atoms with E-state index >= 15 is 0 Å². The summed E-state index contributed by atoms with van der Waals surface area (Å²) >= 11 is 0. The van der Waals surface area contributed by atoms with Crippen molar-refractivity contribution < 1.29 is 9.47 Å². The molecule has 0 saturated heterocycles. The van der Waals surface area contributed by atoms with Gasteiger partial charge in [-0.2, -0.15) is 0 Å². The van der Waals surface area contributed by atoms with E-state index in [1.807, 2.05) is 0 Å². The lowest BCUT2D eigenvalue weighted by Crippen LogP contribution is -2.56. The third kappa shape index (κ3) is 4.90. The van der Waals surface area contributed by atoms with Gasteiger partial charge < -0.3 is 9.47 Å². The average molecular weight is 859 g/mol. The summed E-state index contributed by atoms with van der Waals surface area (Å²) in [5.74, 6) is 4.07. The Morgan fingerprint density at radius 3 is 1.54 bits per heavy atom. The molecule has 5 aliphatic rings. The summed E-state index contributed by atoms with van der Waals surface area (Å²) < 4.78 is 14.2.